The summed E-state index contributed by atoms with van der Waals surface area (Å²) >= 11 is 0. The van der Waals surface area contributed by atoms with Gasteiger partial charge in [-0.3, -0.25) is 4.99 Å². The van der Waals surface area contributed by atoms with E-state index in [-0.39, 0.29) is 35.8 Å². The number of halogens is 2. The molecule has 1 aliphatic heterocycles. The molecule has 0 saturated carbocycles. The van der Waals surface area contributed by atoms with Gasteiger partial charge in [0, 0.05) is 32.7 Å². The average molecular weight is 507 g/mol. The first-order chi connectivity index (χ1) is 13.6. The first-order valence-corrected chi connectivity index (χ1v) is 9.56. The Balaban J connectivity index is 0.00000300. The maximum Gasteiger partial charge on any atom is 0.191 e. The lowest BCUT2D eigenvalue weighted by Gasteiger charge is -2.35. The Hall–Kier alpha value is -2.34. The number of nitrogens with zero attached hydrogens (tertiary/aromatic N) is 3. The molecule has 0 aliphatic carbocycles. The van der Waals surface area contributed by atoms with Crippen molar-refractivity contribution in [2.75, 3.05) is 25.0 Å². The highest BCUT2D eigenvalue weighted by Gasteiger charge is 2.22. The van der Waals surface area contributed by atoms with Gasteiger partial charge in [-0.1, -0.05) is 18.2 Å². The van der Waals surface area contributed by atoms with E-state index in [1.165, 1.54) is 6.07 Å². The van der Waals surface area contributed by atoms with Crippen molar-refractivity contribution in [1.29, 1.82) is 5.26 Å². The summed E-state index contributed by atoms with van der Waals surface area (Å²) in [5, 5.41) is 15.8. The van der Waals surface area contributed by atoms with Crippen LogP contribution >= 0.6 is 24.0 Å². The summed E-state index contributed by atoms with van der Waals surface area (Å²) in [6.07, 6.45) is 2.00. The van der Waals surface area contributed by atoms with Crippen molar-refractivity contribution in [2.45, 2.75) is 32.4 Å². The molecule has 1 heterocycles. The van der Waals surface area contributed by atoms with Crippen LogP contribution in [-0.4, -0.2) is 32.1 Å². The minimum atomic E-state index is -0.175. The third-order valence-corrected chi connectivity index (χ3v) is 4.94. The van der Waals surface area contributed by atoms with Gasteiger partial charge in [0.25, 0.3) is 0 Å². The molecule has 1 aliphatic rings. The Morgan fingerprint density at radius 3 is 2.90 bits per heavy atom. The van der Waals surface area contributed by atoms with Crippen molar-refractivity contribution in [3.63, 3.8) is 0 Å². The van der Waals surface area contributed by atoms with E-state index in [1.807, 2.05) is 31.2 Å². The highest BCUT2D eigenvalue weighted by atomic mass is 127. The number of hydrogen-bond donors (Lipinski definition) is 2. The van der Waals surface area contributed by atoms with Crippen LogP contribution in [0.4, 0.5) is 10.1 Å². The minimum absolute atomic E-state index is 0. The van der Waals surface area contributed by atoms with Crippen molar-refractivity contribution in [3.8, 4) is 6.07 Å². The molecule has 0 aromatic heterocycles. The van der Waals surface area contributed by atoms with Gasteiger partial charge in [-0.2, -0.15) is 5.26 Å². The van der Waals surface area contributed by atoms with E-state index in [4.69, 9.17) is 5.26 Å². The molecule has 154 valence electrons. The lowest BCUT2D eigenvalue weighted by molar-refractivity contribution is 0.462. The maximum atomic E-state index is 14.3. The smallest absolute Gasteiger partial charge is 0.191 e. The van der Waals surface area contributed by atoms with Crippen molar-refractivity contribution in [2.24, 2.45) is 4.99 Å². The predicted octanol–water partition coefficient (Wildman–Crippen LogP) is 3.96. The third kappa shape index (κ3) is 6.32. The van der Waals surface area contributed by atoms with Gasteiger partial charge in [-0.05, 0) is 55.2 Å². The Morgan fingerprint density at radius 1 is 1.31 bits per heavy atom. The van der Waals surface area contributed by atoms with Crippen LogP contribution in [0.1, 0.15) is 29.5 Å². The van der Waals surface area contributed by atoms with Crippen LogP contribution in [-0.2, 0) is 6.54 Å². The number of aryl methyl sites for hydroxylation is 1. The number of nitrogens with one attached hydrogen (secondary N) is 2. The molecule has 2 N–H and O–H groups in total. The molecule has 1 atom stereocenters. The van der Waals surface area contributed by atoms with E-state index >= 15 is 0 Å². The monoisotopic (exact) mass is 507 g/mol. The summed E-state index contributed by atoms with van der Waals surface area (Å²) in [6, 6.07) is 15.1. The zero-order valence-corrected chi connectivity index (χ0v) is 19.1. The van der Waals surface area contributed by atoms with Gasteiger partial charge in [0.2, 0.25) is 0 Å². The summed E-state index contributed by atoms with van der Waals surface area (Å²) in [4.78, 5) is 6.41. The standard InChI is InChI=1S/C22H26FN5.HI/c1-16-8-9-20(23)21(11-16)28-10-4-7-19(15-28)27-22(25-2)26-14-18-6-3-5-17(12-18)13-24;/h3,5-6,8-9,11-12,19H,4,7,10,14-15H2,1-2H3,(H2,25,26,27);1H. The SMILES string of the molecule is CN=C(NCc1cccc(C#N)c1)NC1CCCN(c2cc(C)ccc2F)C1.I. The van der Waals surface area contributed by atoms with Crippen LogP contribution in [0, 0.1) is 24.1 Å². The van der Waals surface area contributed by atoms with Gasteiger partial charge in [0.1, 0.15) is 5.82 Å². The number of nitriles is 1. The topological polar surface area (TPSA) is 63.5 Å². The highest BCUT2D eigenvalue weighted by Crippen LogP contribution is 2.24. The summed E-state index contributed by atoms with van der Waals surface area (Å²) in [7, 11) is 1.74. The molecule has 1 unspecified atom stereocenters. The summed E-state index contributed by atoms with van der Waals surface area (Å²) in [5.74, 6) is 0.532. The zero-order valence-electron chi connectivity index (χ0n) is 16.8. The summed E-state index contributed by atoms with van der Waals surface area (Å²) < 4.78 is 14.3. The second kappa shape index (κ2) is 11.0. The Labute approximate surface area is 189 Å². The minimum Gasteiger partial charge on any atom is -0.367 e. The van der Waals surface area contributed by atoms with Crippen LogP contribution in [0.25, 0.3) is 0 Å². The highest BCUT2D eigenvalue weighted by molar-refractivity contribution is 14.0. The van der Waals surface area contributed by atoms with Crippen molar-refractivity contribution in [1.82, 2.24) is 10.6 Å². The predicted molar refractivity (Wildman–Crippen MR) is 126 cm³/mol. The first-order valence-electron chi connectivity index (χ1n) is 9.56. The molecule has 0 bridgehead atoms. The van der Waals surface area contributed by atoms with Gasteiger partial charge in [-0.25, -0.2) is 4.39 Å². The first kappa shape index (κ1) is 22.9. The average Bonchev–Trinajstić information content (AvgIpc) is 2.73. The van der Waals surface area contributed by atoms with Crippen LogP contribution in [0.5, 0.6) is 0 Å². The zero-order chi connectivity index (χ0) is 19.9. The molecule has 0 amide bonds. The van der Waals surface area contributed by atoms with Crippen LogP contribution in [0.3, 0.4) is 0 Å². The maximum absolute atomic E-state index is 14.3. The largest absolute Gasteiger partial charge is 0.367 e. The number of guanidine groups is 1. The van der Waals surface area contributed by atoms with Gasteiger partial charge < -0.3 is 15.5 Å². The molecule has 0 radical (unpaired) electrons. The normalized spacial score (nSPS) is 16.6. The van der Waals surface area contributed by atoms with Gasteiger partial charge in [0.15, 0.2) is 5.96 Å². The fraction of sp³-hybridized carbons (Fsp3) is 0.364. The second-order valence-corrected chi connectivity index (χ2v) is 7.12. The van der Waals surface area contributed by atoms with Crippen LogP contribution < -0.4 is 15.5 Å². The molecule has 0 spiro atoms. The lowest BCUT2D eigenvalue weighted by atomic mass is 10.0. The molecular weight excluding hydrogens is 480 g/mol. The molecule has 1 fully saturated rings. The van der Waals surface area contributed by atoms with E-state index in [0.29, 0.717) is 23.8 Å². The molecule has 29 heavy (non-hydrogen) atoms. The summed E-state index contributed by atoms with van der Waals surface area (Å²) in [5.41, 5.74) is 3.39. The van der Waals surface area contributed by atoms with Crippen molar-refractivity contribution in [3.05, 3.63) is 65.0 Å². The van der Waals surface area contributed by atoms with Crippen LogP contribution in [0.2, 0.25) is 0 Å². The molecule has 7 heteroatoms. The third-order valence-electron chi connectivity index (χ3n) is 4.94. The fourth-order valence-corrected chi connectivity index (χ4v) is 3.50. The number of benzene rings is 2. The number of piperidine rings is 1. The van der Waals surface area contributed by atoms with E-state index in [2.05, 4.69) is 26.6 Å². The Morgan fingerprint density at radius 2 is 2.14 bits per heavy atom. The summed E-state index contributed by atoms with van der Waals surface area (Å²) in [6.45, 7) is 4.14. The molecular formula is C22H27FIN5. The molecule has 5 nitrogen and oxygen atoms in total. The number of anilines is 1. The lowest BCUT2D eigenvalue weighted by Crippen LogP contribution is -2.51. The van der Waals surface area contributed by atoms with Gasteiger partial charge in [-0.15, -0.1) is 24.0 Å². The molecule has 2 aromatic carbocycles. The van der Waals surface area contributed by atoms with Crippen LogP contribution in [0.15, 0.2) is 47.5 Å². The quantitative estimate of drug-likeness (QED) is 0.374. The van der Waals surface area contributed by atoms with E-state index < -0.39 is 0 Å². The Bertz CT molecular complexity index is 893. The van der Waals surface area contributed by atoms with Gasteiger partial charge >= 0.3 is 0 Å². The fourth-order valence-electron chi connectivity index (χ4n) is 3.50. The van der Waals surface area contributed by atoms with E-state index in [0.717, 1.165) is 37.1 Å². The Kier molecular flexibility index (Phi) is 8.70. The number of hydrogen-bond acceptors (Lipinski definition) is 3. The van der Waals surface area contributed by atoms with E-state index in [1.54, 1.807) is 19.2 Å². The number of aliphatic imine (C=N–C) groups is 1. The van der Waals surface area contributed by atoms with Crippen molar-refractivity contribution < 1.29 is 4.39 Å². The molecule has 1 saturated heterocycles. The molecule has 2 aromatic rings. The van der Waals surface area contributed by atoms with E-state index in [9.17, 15) is 4.39 Å². The number of rotatable bonds is 4. The van der Waals surface area contributed by atoms with Gasteiger partial charge in [0.05, 0.1) is 17.3 Å². The van der Waals surface area contributed by atoms with Crippen molar-refractivity contribution >= 4 is 35.6 Å². The molecule has 3 rings (SSSR count). The second-order valence-electron chi connectivity index (χ2n) is 7.12.